The molecule has 1 fully saturated rings. The molecule has 0 saturated heterocycles. The molecular formula is C18H24ClNO3. The van der Waals surface area contributed by atoms with E-state index in [1.165, 1.54) is 26.0 Å². The van der Waals surface area contributed by atoms with Gasteiger partial charge in [-0.1, -0.05) is 18.5 Å². The van der Waals surface area contributed by atoms with E-state index in [4.69, 9.17) is 21.1 Å². The molecule has 1 aliphatic rings. The lowest BCUT2D eigenvalue weighted by Gasteiger charge is -2.26. The zero-order chi connectivity index (χ0) is 16.8. The summed E-state index contributed by atoms with van der Waals surface area (Å²) >= 11 is 6.16. The van der Waals surface area contributed by atoms with Gasteiger partial charge in [0.1, 0.15) is 0 Å². The third-order valence-electron chi connectivity index (χ3n) is 4.25. The number of carbonyl (C=O) groups is 1. The molecule has 0 spiro atoms. The number of hydrogen-bond acceptors (Lipinski definition) is 3. The summed E-state index contributed by atoms with van der Waals surface area (Å²) in [6.07, 6.45) is 7.75. The topological polar surface area (TPSA) is 47.6 Å². The van der Waals surface area contributed by atoms with Crippen LogP contribution in [-0.2, 0) is 4.79 Å². The Kier molecular flexibility index (Phi) is 6.34. The first-order chi connectivity index (χ1) is 11.0. The molecule has 5 heteroatoms. The molecule has 4 nitrogen and oxygen atoms in total. The molecule has 1 aromatic carbocycles. The Bertz CT molecular complexity index is 578. The van der Waals surface area contributed by atoms with Gasteiger partial charge in [-0.3, -0.25) is 4.79 Å². The smallest absolute Gasteiger partial charge is 0.244 e. The fraction of sp³-hybridized carbons (Fsp3) is 0.500. The van der Waals surface area contributed by atoms with E-state index in [2.05, 4.69) is 12.2 Å². The summed E-state index contributed by atoms with van der Waals surface area (Å²) < 4.78 is 10.4. The number of hydrogen-bond donors (Lipinski definition) is 1. The molecule has 0 aliphatic heterocycles. The maximum absolute atomic E-state index is 12.0. The molecule has 0 atom stereocenters. The van der Waals surface area contributed by atoms with Gasteiger partial charge in [0.2, 0.25) is 5.91 Å². The first-order valence-electron chi connectivity index (χ1n) is 7.93. The molecule has 1 saturated carbocycles. The first kappa shape index (κ1) is 17.7. The largest absolute Gasteiger partial charge is 0.493 e. The van der Waals surface area contributed by atoms with Crippen LogP contribution in [0.5, 0.6) is 11.5 Å². The van der Waals surface area contributed by atoms with Crippen LogP contribution in [0.2, 0.25) is 5.02 Å². The molecule has 2 rings (SSSR count). The van der Waals surface area contributed by atoms with Crippen LogP contribution >= 0.6 is 11.6 Å². The van der Waals surface area contributed by atoms with E-state index in [1.807, 2.05) is 0 Å². The molecule has 0 bridgehead atoms. The van der Waals surface area contributed by atoms with Crippen molar-refractivity contribution in [2.24, 2.45) is 5.92 Å². The van der Waals surface area contributed by atoms with Gasteiger partial charge < -0.3 is 14.8 Å². The van der Waals surface area contributed by atoms with Crippen molar-refractivity contribution in [3.8, 4) is 11.5 Å². The zero-order valence-electron chi connectivity index (χ0n) is 13.9. The van der Waals surface area contributed by atoms with E-state index < -0.39 is 0 Å². The van der Waals surface area contributed by atoms with Crippen LogP contribution in [0.25, 0.3) is 6.08 Å². The second kappa shape index (κ2) is 8.25. The highest BCUT2D eigenvalue weighted by Crippen LogP contribution is 2.36. The predicted molar refractivity (Wildman–Crippen MR) is 93.2 cm³/mol. The molecule has 1 aliphatic carbocycles. The summed E-state index contributed by atoms with van der Waals surface area (Å²) in [6.45, 7) is 2.26. The van der Waals surface area contributed by atoms with E-state index in [0.29, 0.717) is 16.5 Å². The summed E-state index contributed by atoms with van der Waals surface area (Å²) in [5.74, 6) is 1.73. The van der Waals surface area contributed by atoms with Gasteiger partial charge in [0.25, 0.3) is 0 Å². The van der Waals surface area contributed by atoms with Crippen LogP contribution in [0, 0.1) is 5.92 Å². The Balaban J connectivity index is 1.99. The SMILES string of the molecule is COc1cc(/C=C/C(=O)NC2CCC(C)CC2)cc(Cl)c1OC. The monoisotopic (exact) mass is 337 g/mol. The molecule has 0 unspecified atom stereocenters. The van der Waals surface area contributed by atoms with Crippen LogP contribution in [0.1, 0.15) is 38.2 Å². The summed E-state index contributed by atoms with van der Waals surface area (Å²) in [5, 5.41) is 3.51. The second-order valence-corrected chi connectivity index (χ2v) is 6.44. The van der Waals surface area contributed by atoms with E-state index in [-0.39, 0.29) is 11.9 Å². The standard InChI is InChI=1S/C18H24ClNO3/c1-12-4-7-14(8-5-12)20-17(21)9-6-13-10-15(19)18(23-3)16(11-13)22-2/h6,9-12,14H,4-5,7-8H2,1-3H3,(H,20,21)/b9-6+. The molecule has 1 amide bonds. The van der Waals surface area contributed by atoms with Gasteiger partial charge in [0.15, 0.2) is 11.5 Å². The van der Waals surface area contributed by atoms with Crippen molar-refractivity contribution in [2.75, 3.05) is 14.2 Å². The average Bonchev–Trinajstić information content (AvgIpc) is 2.54. The highest BCUT2D eigenvalue weighted by molar-refractivity contribution is 6.32. The van der Waals surface area contributed by atoms with Gasteiger partial charge in [-0.25, -0.2) is 0 Å². The van der Waals surface area contributed by atoms with E-state index in [1.54, 1.807) is 25.3 Å². The van der Waals surface area contributed by atoms with Gasteiger partial charge in [0.05, 0.1) is 19.2 Å². The summed E-state index contributed by atoms with van der Waals surface area (Å²) in [4.78, 5) is 12.0. The number of ether oxygens (including phenoxy) is 2. The molecule has 1 aromatic rings. The van der Waals surface area contributed by atoms with Crippen LogP contribution in [0.3, 0.4) is 0 Å². The van der Waals surface area contributed by atoms with Crippen molar-refractivity contribution in [2.45, 2.75) is 38.6 Å². The van der Waals surface area contributed by atoms with Crippen LogP contribution < -0.4 is 14.8 Å². The summed E-state index contributed by atoms with van der Waals surface area (Å²) in [5.41, 5.74) is 0.792. The van der Waals surface area contributed by atoms with Crippen molar-refractivity contribution in [1.82, 2.24) is 5.32 Å². The number of methoxy groups -OCH3 is 2. The maximum Gasteiger partial charge on any atom is 0.244 e. The molecule has 126 valence electrons. The van der Waals surface area contributed by atoms with E-state index in [0.717, 1.165) is 24.3 Å². The maximum atomic E-state index is 12.0. The van der Waals surface area contributed by atoms with Gasteiger partial charge in [0, 0.05) is 12.1 Å². The summed E-state index contributed by atoms with van der Waals surface area (Å²) in [6, 6.07) is 3.82. The third kappa shape index (κ3) is 4.90. The zero-order valence-corrected chi connectivity index (χ0v) is 14.7. The Morgan fingerprint density at radius 2 is 1.91 bits per heavy atom. The Labute approximate surface area is 142 Å². The molecule has 1 N–H and O–H groups in total. The third-order valence-corrected chi connectivity index (χ3v) is 4.53. The number of nitrogens with one attached hydrogen (secondary N) is 1. The van der Waals surface area contributed by atoms with E-state index >= 15 is 0 Å². The average molecular weight is 338 g/mol. The van der Waals surface area contributed by atoms with Gasteiger partial charge >= 0.3 is 0 Å². The van der Waals surface area contributed by atoms with Gasteiger partial charge in [-0.05, 0) is 55.4 Å². The lowest BCUT2D eigenvalue weighted by Crippen LogP contribution is -2.36. The van der Waals surface area contributed by atoms with Gasteiger partial charge in [-0.15, -0.1) is 0 Å². The highest BCUT2D eigenvalue weighted by Gasteiger charge is 2.18. The molecule has 23 heavy (non-hydrogen) atoms. The predicted octanol–water partition coefficient (Wildman–Crippen LogP) is 4.07. The van der Waals surface area contributed by atoms with Crippen LogP contribution in [0.15, 0.2) is 18.2 Å². The Morgan fingerprint density at radius 3 is 2.52 bits per heavy atom. The number of rotatable bonds is 5. The fourth-order valence-electron chi connectivity index (χ4n) is 2.86. The minimum Gasteiger partial charge on any atom is -0.493 e. The number of halogens is 1. The van der Waals surface area contributed by atoms with Crippen molar-refractivity contribution in [1.29, 1.82) is 0 Å². The molecule has 0 heterocycles. The minimum absolute atomic E-state index is 0.0736. The first-order valence-corrected chi connectivity index (χ1v) is 8.31. The number of amides is 1. The van der Waals surface area contributed by atoms with Crippen molar-refractivity contribution < 1.29 is 14.3 Å². The normalized spacial score (nSPS) is 21.2. The quantitative estimate of drug-likeness (QED) is 0.824. The van der Waals surface area contributed by atoms with Crippen LogP contribution in [0.4, 0.5) is 0 Å². The van der Waals surface area contributed by atoms with Crippen molar-refractivity contribution >= 4 is 23.6 Å². The Morgan fingerprint density at radius 1 is 1.22 bits per heavy atom. The lowest BCUT2D eigenvalue weighted by atomic mass is 9.87. The minimum atomic E-state index is -0.0736. The lowest BCUT2D eigenvalue weighted by molar-refractivity contribution is -0.117. The highest BCUT2D eigenvalue weighted by atomic mass is 35.5. The van der Waals surface area contributed by atoms with Crippen LogP contribution in [-0.4, -0.2) is 26.2 Å². The Hall–Kier alpha value is -1.68. The van der Waals surface area contributed by atoms with E-state index in [9.17, 15) is 4.79 Å². The molecule has 0 aromatic heterocycles. The molecular weight excluding hydrogens is 314 g/mol. The number of benzene rings is 1. The number of carbonyl (C=O) groups excluding carboxylic acids is 1. The molecule has 0 radical (unpaired) electrons. The van der Waals surface area contributed by atoms with Crippen molar-refractivity contribution in [3.05, 3.63) is 28.8 Å². The summed E-state index contributed by atoms with van der Waals surface area (Å²) in [7, 11) is 3.09. The van der Waals surface area contributed by atoms with Crippen molar-refractivity contribution in [3.63, 3.8) is 0 Å². The van der Waals surface area contributed by atoms with Gasteiger partial charge in [-0.2, -0.15) is 0 Å². The second-order valence-electron chi connectivity index (χ2n) is 6.04. The fourth-order valence-corrected chi connectivity index (χ4v) is 3.16.